The second-order valence-corrected chi connectivity index (χ2v) is 4.30. The van der Waals surface area contributed by atoms with E-state index in [1.54, 1.807) is 31.7 Å². The first kappa shape index (κ1) is 13.9. The summed E-state index contributed by atoms with van der Waals surface area (Å²) >= 11 is 0. The van der Waals surface area contributed by atoms with Gasteiger partial charge < -0.3 is 19.8 Å². The van der Waals surface area contributed by atoms with Gasteiger partial charge in [0.1, 0.15) is 0 Å². The molecular weight excluding hydrogens is 258 g/mol. The van der Waals surface area contributed by atoms with E-state index in [1.165, 1.54) is 0 Å². The van der Waals surface area contributed by atoms with Gasteiger partial charge in [-0.1, -0.05) is 0 Å². The Morgan fingerprint density at radius 1 is 1.50 bits per heavy atom. The summed E-state index contributed by atoms with van der Waals surface area (Å²) in [5.41, 5.74) is 7.66. The second kappa shape index (κ2) is 6.10. The lowest BCUT2D eigenvalue weighted by molar-refractivity contribution is 0.0527. The molecule has 2 N–H and O–H groups in total. The SMILES string of the molecule is CCOC(=O)c1ccnc(N(C)Cc2ccoc2)c1N. The fourth-order valence-electron chi connectivity index (χ4n) is 1.88. The summed E-state index contributed by atoms with van der Waals surface area (Å²) < 4.78 is 9.99. The average molecular weight is 275 g/mol. The third kappa shape index (κ3) is 2.90. The van der Waals surface area contributed by atoms with Crippen molar-refractivity contribution in [3.05, 3.63) is 42.0 Å². The van der Waals surface area contributed by atoms with Crippen LogP contribution in [0.25, 0.3) is 0 Å². The first-order valence-corrected chi connectivity index (χ1v) is 6.27. The molecule has 2 rings (SSSR count). The van der Waals surface area contributed by atoms with Crippen molar-refractivity contribution in [2.45, 2.75) is 13.5 Å². The zero-order valence-corrected chi connectivity index (χ0v) is 11.5. The van der Waals surface area contributed by atoms with E-state index in [0.29, 0.717) is 30.2 Å². The van der Waals surface area contributed by atoms with Crippen molar-refractivity contribution in [2.75, 3.05) is 24.3 Å². The van der Waals surface area contributed by atoms with E-state index in [2.05, 4.69) is 4.98 Å². The lowest BCUT2D eigenvalue weighted by Gasteiger charge is -2.20. The Labute approximate surface area is 117 Å². The monoisotopic (exact) mass is 275 g/mol. The molecule has 2 aromatic rings. The lowest BCUT2D eigenvalue weighted by Crippen LogP contribution is -2.20. The Kier molecular flexibility index (Phi) is 4.24. The smallest absolute Gasteiger partial charge is 0.340 e. The van der Waals surface area contributed by atoms with Crippen LogP contribution in [0.4, 0.5) is 11.5 Å². The Bertz CT molecular complexity index is 581. The van der Waals surface area contributed by atoms with Gasteiger partial charge in [-0.15, -0.1) is 0 Å². The molecule has 0 aliphatic carbocycles. The number of anilines is 2. The number of ether oxygens (including phenoxy) is 1. The lowest BCUT2D eigenvalue weighted by atomic mass is 10.2. The molecule has 0 aliphatic heterocycles. The van der Waals surface area contributed by atoms with E-state index in [-0.39, 0.29) is 0 Å². The number of aromatic nitrogens is 1. The second-order valence-electron chi connectivity index (χ2n) is 4.30. The van der Waals surface area contributed by atoms with Crippen LogP contribution in [0, 0.1) is 0 Å². The summed E-state index contributed by atoms with van der Waals surface area (Å²) in [6.07, 6.45) is 4.81. The van der Waals surface area contributed by atoms with Gasteiger partial charge in [0.15, 0.2) is 5.82 Å². The molecule has 6 heteroatoms. The molecule has 2 heterocycles. The molecular formula is C14H17N3O3. The maximum absolute atomic E-state index is 11.8. The highest BCUT2D eigenvalue weighted by Gasteiger charge is 2.17. The van der Waals surface area contributed by atoms with Gasteiger partial charge in [-0.3, -0.25) is 0 Å². The van der Waals surface area contributed by atoms with Gasteiger partial charge in [-0.05, 0) is 19.1 Å². The number of nitrogens with zero attached hydrogens (tertiary/aromatic N) is 2. The van der Waals surface area contributed by atoms with Gasteiger partial charge in [0.25, 0.3) is 0 Å². The predicted octanol–water partition coefficient (Wildman–Crippen LogP) is 2.07. The van der Waals surface area contributed by atoms with Crippen LogP contribution in [-0.2, 0) is 11.3 Å². The number of carbonyl (C=O) groups is 1. The molecule has 0 unspecified atom stereocenters. The zero-order chi connectivity index (χ0) is 14.5. The van der Waals surface area contributed by atoms with Gasteiger partial charge in [0.05, 0.1) is 30.4 Å². The quantitative estimate of drug-likeness (QED) is 0.841. The highest BCUT2D eigenvalue weighted by Crippen LogP contribution is 2.25. The van der Waals surface area contributed by atoms with Crippen molar-refractivity contribution >= 4 is 17.5 Å². The molecule has 20 heavy (non-hydrogen) atoms. The fraction of sp³-hybridized carbons (Fsp3) is 0.286. The number of furan rings is 1. The fourth-order valence-corrected chi connectivity index (χ4v) is 1.88. The van der Waals surface area contributed by atoms with Crippen LogP contribution in [0.2, 0.25) is 0 Å². The molecule has 106 valence electrons. The number of pyridine rings is 1. The number of hydrogen-bond acceptors (Lipinski definition) is 6. The Balaban J connectivity index is 2.23. The first-order chi connectivity index (χ1) is 9.63. The molecule has 0 saturated heterocycles. The summed E-state index contributed by atoms with van der Waals surface area (Å²) in [6.45, 7) is 2.64. The Hall–Kier alpha value is -2.50. The first-order valence-electron chi connectivity index (χ1n) is 6.27. The molecule has 0 atom stereocenters. The minimum Gasteiger partial charge on any atom is -0.472 e. The Morgan fingerprint density at radius 3 is 2.95 bits per heavy atom. The predicted molar refractivity (Wildman–Crippen MR) is 75.4 cm³/mol. The number of esters is 1. The molecule has 0 amide bonds. The molecule has 0 bridgehead atoms. The Morgan fingerprint density at radius 2 is 2.30 bits per heavy atom. The molecule has 0 fully saturated rings. The highest BCUT2D eigenvalue weighted by atomic mass is 16.5. The molecule has 6 nitrogen and oxygen atoms in total. The number of nitrogen functional groups attached to an aromatic ring is 1. The van der Waals surface area contributed by atoms with Crippen molar-refractivity contribution < 1.29 is 13.9 Å². The van der Waals surface area contributed by atoms with Crippen LogP contribution >= 0.6 is 0 Å². The van der Waals surface area contributed by atoms with Crippen molar-refractivity contribution in [2.24, 2.45) is 0 Å². The molecule has 0 aliphatic rings. The standard InChI is InChI=1S/C14H17N3O3/c1-3-20-14(18)11-4-6-16-13(12(11)15)17(2)8-10-5-7-19-9-10/h4-7,9H,3,8,15H2,1-2H3. The molecule has 0 saturated carbocycles. The highest BCUT2D eigenvalue weighted by molar-refractivity contribution is 5.97. The number of hydrogen-bond donors (Lipinski definition) is 1. The van der Waals surface area contributed by atoms with E-state index in [0.717, 1.165) is 5.56 Å². The van der Waals surface area contributed by atoms with Gasteiger partial charge >= 0.3 is 5.97 Å². The van der Waals surface area contributed by atoms with Crippen molar-refractivity contribution in [1.29, 1.82) is 0 Å². The minimum absolute atomic E-state index is 0.306. The van der Waals surface area contributed by atoms with Gasteiger partial charge in [-0.25, -0.2) is 9.78 Å². The third-order valence-corrected chi connectivity index (χ3v) is 2.83. The molecule has 2 aromatic heterocycles. The van der Waals surface area contributed by atoms with Gasteiger partial charge in [-0.2, -0.15) is 0 Å². The maximum Gasteiger partial charge on any atom is 0.340 e. The summed E-state index contributed by atoms with van der Waals surface area (Å²) in [5, 5.41) is 0. The van der Waals surface area contributed by atoms with Crippen LogP contribution in [0.5, 0.6) is 0 Å². The largest absolute Gasteiger partial charge is 0.472 e. The number of carbonyl (C=O) groups excluding carboxylic acids is 1. The summed E-state index contributed by atoms with van der Waals surface area (Å²) in [7, 11) is 1.85. The average Bonchev–Trinajstić information content (AvgIpc) is 2.92. The minimum atomic E-state index is -0.439. The van der Waals surface area contributed by atoms with Crippen molar-refractivity contribution in [3.63, 3.8) is 0 Å². The summed E-state index contributed by atoms with van der Waals surface area (Å²) in [5.74, 6) is 0.0992. The molecule has 0 spiro atoms. The van der Waals surface area contributed by atoms with E-state index >= 15 is 0 Å². The van der Waals surface area contributed by atoms with E-state index in [4.69, 9.17) is 14.9 Å². The summed E-state index contributed by atoms with van der Waals surface area (Å²) in [4.78, 5) is 17.9. The van der Waals surface area contributed by atoms with E-state index in [1.807, 2.05) is 18.0 Å². The van der Waals surface area contributed by atoms with Crippen molar-refractivity contribution in [3.8, 4) is 0 Å². The van der Waals surface area contributed by atoms with Crippen LogP contribution in [-0.4, -0.2) is 24.6 Å². The van der Waals surface area contributed by atoms with Gasteiger partial charge in [0.2, 0.25) is 0 Å². The maximum atomic E-state index is 11.8. The third-order valence-electron chi connectivity index (χ3n) is 2.83. The molecule has 0 aromatic carbocycles. The van der Waals surface area contributed by atoms with E-state index in [9.17, 15) is 4.79 Å². The van der Waals surface area contributed by atoms with Crippen molar-refractivity contribution in [1.82, 2.24) is 4.98 Å². The van der Waals surface area contributed by atoms with Crippen LogP contribution in [0.15, 0.2) is 35.3 Å². The van der Waals surface area contributed by atoms with Crippen LogP contribution < -0.4 is 10.6 Å². The zero-order valence-electron chi connectivity index (χ0n) is 11.5. The van der Waals surface area contributed by atoms with Crippen LogP contribution in [0.1, 0.15) is 22.8 Å². The normalized spacial score (nSPS) is 10.3. The van der Waals surface area contributed by atoms with Gasteiger partial charge in [0, 0.05) is 25.4 Å². The van der Waals surface area contributed by atoms with E-state index < -0.39 is 5.97 Å². The van der Waals surface area contributed by atoms with Crippen LogP contribution in [0.3, 0.4) is 0 Å². The molecule has 0 radical (unpaired) electrons. The topological polar surface area (TPSA) is 81.6 Å². The summed E-state index contributed by atoms with van der Waals surface area (Å²) in [6, 6.07) is 3.42. The number of rotatable bonds is 5. The number of nitrogens with two attached hydrogens (primary N) is 1.